The molecule has 0 aromatic heterocycles. The van der Waals surface area contributed by atoms with E-state index in [9.17, 15) is 8.42 Å². The fourth-order valence-electron chi connectivity index (χ4n) is 1.81. The lowest BCUT2D eigenvalue weighted by Gasteiger charge is -2.21. The standard InChI is InChI=1S/C12H20BNO4S/c1-3-9-14(10-4-2)19(17,18)12-7-5-11(6-8-12)13(15)16/h5-8,15-16H,3-4,9-10H2,1-2H3. The smallest absolute Gasteiger partial charge is 0.423 e. The first kappa shape index (κ1) is 16.2. The Morgan fingerprint density at radius 1 is 1.05 bits per heavy atom. The molecule has 0 amide bonds. The Morgan fingerprint density at radius 3 is 1.89 bits per heavy atom. The van der Waals surface area contributed by atoms with Gasteiger partial charge in [-0.25, -0.2) is 8.42 Å². The SMILES string of the molecule is CCCN(CCC)S(=O)(=O)c1ccc(B(O)O)cc1. The summed E-state index contributed by atoms with van der Waals surface area (Å²) in [5.74, 6) is 0. The van der Waals surface area contributed by atoms with Gasteiger partial charge in [-0.15, -0.1) is 0 Å². The Bertz CT molecular complexity index is 481. The maximum atomic E-state index is 12.4. The summed E-state index contributed by atoms with van der Waals surface area (Å²) >= 11 is 0. The van der Waals surface area contributed by atoms with Crippen LogP contribution in [0.15, 0.2) is 29.2 Å². The lowest BCUT2D eigenvalue weighted by molar-refractivity contribution is 0.409. The fourth-order valence-corrected chi connectivity index (χ4v) is 3.44. The van der Waals surface area contributed by atoms with Crippen LogP contribution in [0.2, 0.25) is 0 Å². The molecule has 106 valence electrons. The zero-order chi connectivity index (χ0) is 14.5. The Kier molecular flexibility index (Phi) is 6.00. The van der Waals surface area contributed by atoms with Crippen molar-refractivity contribution in [2.45, 2.75) is 31.6 Å². The van der Waals surface area contributed by atoms with Gasteiger partial charge >= 0.3 is 7.12 Å². The minimum absolute atomic E-state index is 0.179. The summed E-state index contributed by atoms with van der Waals surface area (Å²) in [6.07, 6.45) is 1.51. The molecule has 0 atom stereocenters. The normalized spacial score (nSPS) is 11.8. The summed E-state index contributed by atoms with van der Waals surface area (Å²) in [5.41, 5.74) is 0.275. The molecular formula is C12H20BNO4S. The average molecular weight is 285 g/mol. The minimum atomic E-state index is -3.50. The van der Waals surface area contributed by atoms with E-state index in [1.54, 1.807) is 0 Å². The Balaban J connectivity index is 3.03. The molecule has 1 rings (SSSR count). The second-order valence-electron chi connectivity index (χ2n) is 4.35. The van der Waals surface area contributed by atoms with Crippen molar-refractivity contribution >= 4 is 22.6 Å². The predicted molar refractivity (Wildman–Crippen MR) is 75.6 cm³/mol. The molecule has 1 aromatic carbocycles. The highest BCUT2D eigenvalue weighted by atomic mass is 32.2. The third-order valence-corrected chi connectivity index (χ3v) is 4.67. The maximum Gasteiger partial charge on any atom is 0.488 e. The van der Waals surface area contributed by atoms with E-state index in [4.69, 9.17) is 10.0 Å². The third-order valence-electron chi connectivity index (χ3n) is 2.76. The number of benzene rings is 1. The van der Waals surface area contributed by atoms with Gasteiger partial charge in [-0.05, 0) is 30.4 Å². The van der Waals surface area contributed by atoms with Crippen molar-refractivity contribution < 1.29 is 18.5 Å². The molecule has 1 aromatic rings. The van der Waals surface area contributed by atoms with Crippen LogP contribution in [-0.2, 0) is 10.0 Å². The monoisotopic (exact) mass is 285 g/mol. The topological polar surface area (TPSA) is 77.8 Å². The lowest BCUT2D eigenvalue weighted by atomic mass is 9.81. The van der Waals surface area contributed by atoms with E-state index in [1.807, 2.05) is 13.8 Å². The molecule has 5 nitrogen and oxygen atoms in total. The first-order valence-corrected chi connectivity index (χ1v) is 7.83. The fraction of sp³-hybridized carbons (Fsp3) is 0.500. The molecule has 0 heterocycles. The van der Waals surface area contributed by atoms with Gasteiger partial charge in [0.15, 0.2) is 0 Å². The third kappa shape index (κ3) is 4.04. The van der Waals surface area contributed by atoms with Crippen molar-refractivity contribution in [3.63, 3.8) is 0 Å². The van der Waals surface area contributed by atoms with Gasteiger partial charge in [0.2, 0.25) is 10.0 Å². The minimum Gasteiger partial charge on any atom is -0.423 e. The Morgan fingerprint density at radius 2 is 1.53 bits per heavy atom. The molecular weight excluding hydrogens is 265 g/mol. The summed E-state index contributed by atoms with van der Waals surface area (Å²) in [6.45, 7) is 4.84. The van der Waals surface area contributed by atoms with Crippen molar-refractivity contribution in [3.8, 4) is 0 Å². The van der Waals surface area contributed by atoms with Crippen LogP contribution in [0.5, 0.6) is 0 Å². The number of hydrogen-bond acceptors (Lipinski definition) is 4. The van der Waals surface area contributed by atoms with Crippen LogP contribution >= 0.6 is 0 Å². The highest BCUT2D eigenvalue weighted by Crippen LogP contribution is 2.15. The molecule has 7 heteroatoms. The summed E-state index contributed by atoms with van der Waals surface area (Å²) in [7, 11) is -5.08. The van der Waals surface area contributed by atoms with Crippen molar-refractivity contribution in [3.05, 3.63) is 24.3 Å². The molecule has 0 aliphatic heterocycles. The van der Waals surface area contributed by atoms with Gasteiger partial charge in [0.05, 0.1) is 4.90 Å². The van der Waals surface area contributed by atoms with Gasteiger partial charge < -0.3 is 10.0 Å². The zero-order valence-corrected chi connectivity index (χ0v) is 12.1. The quantitative estimate of drug-likeness (QED) is 0.700. The molecule has 2 N–H and O–H groups in total. The summed E-state index contributed by atoms with van der Waals surface area (Å²) < 4.78 is 26.2. The Labute approximate surface area is 115 Å². The highest BCUT2D eigenvalue weighted by Gasteiger charge is 2.23. The van der Waals surface area contributed by atoms with Crippen LogP contribution in [0.4, 0.5) is 0 Å². The molecule has 0 fully saturated rings. The maximum absolute atomic E-state index is 12.4. The number of hydrogen-bond donors (Lipinski definition) is 2. The van der Waals surface area contributed by atoms with Gasteiger partial charge in [0.25, 0.3) is 0 Å². The van der Waals surface area contributed by atoms with Crippen molar-refractivity contribution in [2.75, 3.05) is 13.1 Å². The molecule has 0 radical (unpaired) electrons. The number of nitrogens with zero attached hydrogens (tertiary/aromatic N) is 1. The van der Waals surface area contributed by atoms with Crippen LogP contribution < -0.4 is 5.46 Å². The van der Waals surface area contributed by atoms with E-state index in [2.05, 4.69) is 0 Å². The van der Waals surface area contributed by atoms with Crippen LogP contribution in [0, 0.1) is 0 Å². The van der Waals surface area contributed by atoms with E-state index in [1.165, 1.54) is 28.6 Å². The van der Waals surface area contributed by atoms with Crippen LogP contribution in [0.3, 0.4) is 0 Å². The largest absolute Gasteiger partial charge is 0.488 e. The van der Waals surface area contributed by atoms with Crippen molar-refractivity contribution in [1.82, 2.24) is 4.31 Å². The second-order valence-corrected chi connectivity index (χ2v) is 6.28. The van der Waals surface area contributed by atoms with E-state index in [0.29, 0.717) is 13.1 Å². The molecule has 0 saturated heterocycles. The molecule has 19 heavy (non-hydrogen) atoms. The molecule has 0 unspecified atom stereocenters. The lowest BCUT2D eigenvalue weighted by Crippen LogP contribution is -2.33. The first-order chi connectivity index (χ1) is 8.93. The van der Waals surface area contributed by atoms with Crippen LogP contribution in [0.25, 0.3) is 0 Å². The molecule has 0 aliphatic rings. The van der Waals surface area contributed by atoms with Crippen LogP contribution in [0.1, 0.15) is 26.7 Å². The van der Waals surface area contributed by atoms with Gasteiger partial charge in [-0.2, -0.15) is 4.31 Å². The van der Waals surface area contributed by atoms with Crippen molar-refractivity contribution in [2.24, 2.45) is 0 Å². The summed E-state index contributed by atoms with van der Waals surface area (Å²) in [6, 6.07) is 5.63. The molecule has 0 bridgehead atoms. The highest BCUT2D eigenvalue weighted by molar-refractivity contribution is 7.89. The molecule has 0 spiro atoms. The predicted octanol–water partition coefficient (Wildman–Crippen LogP) is 0.177. The van der Waals surface area contributed by atoms with E-state index in [0.717, 1.165) is 12.8 Å². The first-order valence-electron chi connectivity index (χ1n) is 6.39. The van der Waals surface area contributed by atoms with E-state index < -0.39 is 17.1 Å². The molecule has 0 saturated carbocycles. The van der Waals surface area contributed by atoms with Gasteiger partial charge in [0, 0.05) is 13.1 Å². The molecule has 0 aliphatic carbocycles. The number of sulfonamides is 1. The summed E-state index contributed by atoms with van der Waals surface area (Å²) in [5, 5.41) is 18.0. The summed E-state index contributed by atoms with van der Waals surface area (Å²) in [4.78, 5) is 0.179. The zero-order valence-electron chi connectivity index (χ0n) is 11.3. The van der Waals surface area contributed by atoms with E-state index in [-0.39, 0.29) is 10.4 Å². The van der Waals surface area contributed by atoms with Crippen LogP contribution in [-0.4, -0.2) is 43.0 Å². The van der Waals surface area contributed by atoms with Gasteiger partial charge in [-0.1, -0.05) is 26.0 Å². The number of rotatable bonds is 7. The van der Waals surface area contributed by atoms with E-state index >= 15 is 0 Å². The van der Waals surface area contributed by atoms with Crippen molar-refractivity contribution in [1.29, 1.82) is 0 Å². The van der Waals surface area contributed by atoms with Gasteiger partial charge in [0.1, 0.15) is 0 Å². The average Bonchev–Trinajstić information content (AvgIpc) is 2.38. The van der Waals surface area contributed by atoms with Gasteiger partial charge in [-0.3, -0.25) is 0 Å². The Hall–Kier alpha value is -0.885. The second kappa shape index (κ2) is 7.05.